The van der Waals surface area contributed by atoms with Crippen LogP contribution in [0.5, 0.6) is 0 Å². The fourth-order valence-corrected chi connectivity index (χ4v) is 4.50. The Bertz CT molecular complexity index is 1230. The number of nitrogens with zero attached hydrogens (tertiary/aromatic N) is 2. The van der Waals surface area contributed by atoms with Crippen molar-refractivity contribution in [2.24, 2.45) is 0 Å². The predicted molar refractivity (Wildman–Crippen MR) is 123 cm³/mol. The Kier molecular flexibility index (Phi) is 8.66. The van der Waals surface area contributed by atoms with Crippen LogP contribution in [0.15, 0.2) is 72.0 Å². The van der Waals surface area contributed by atoms with Gasteiger partial charge in [0, 0.05) is 42.9 Å². The van der Waals surface area contributed by atoms with E-state index in [0.29, 0.717) is 24.4 Å². The number of carbonyl (C=O) groups is 2. The van der Waals surface area contributed by atoms with Crippen molar-refractivity contribution < 1.29 is 28.2 Å². The summed E-state index contributed by atoms with van der Waals surface area (Å²) in [7, 11) is -1.88. The third kappa shape index (κ3) is 6.61. The van der Waals surface area contributed by atoms with Crippen molar-refractivity contribution in [2.75, 3.05) is 7.05 Å². The molecule has 0 spiro atoms. The van der Waals surface area contributed by atoms with Crippen LogP contribution in [-0.4, -0.2) is 46.6 Å². The number of aromatic nitrogens is 2. The van der Waals surface area contributed by atoms with Gasteiger partial charge >= 0.3 is 11.9 Å². The largest absolute Gasteiger partial charge is 0.478 e. The molecule has 2 aromatic heterocycles. The van der Waals surface area contributed by atoms with Gasteiger partial charge in [-0.05, 0) is 55.8 Å². The van der Waals surface area contributed by atoms with E-state index in [1.807, 2.05) is 45.2 Å². The molecule has 10 heteroatoms. The predicted octanol–water partition coefficient (Wildman–Crippen LogP) is 2.84. The lowest BCUT2D eigenvalue weighted by Gasteiger charge is -2.14. The average molecular weight is 472 g/mol. The van der Waals surface area contributed by atoms with Gasteiger partial charge in [0.2, 0.25) is 0 Å². The molecule has 0 fully saturated rings. The number of aryl methyl sites for hydroxylation is 2. The second kappa shape index (κ2) is 11.2. The highest BCUT2D eigenvalue weighted by Crippen LogP contribution is 2.31. The molecule has 0 atom stereocenters. The maximum atomic E-state index is 13.2. The van der Waals surface area contributed by atoms with E-state index in [1.54, 1.807) is 24.5 Å². The number of pyridine rings is 1. The Labute approximate surface area is 192 Å². The van der Waals surface area contributed by atoms with E-state index in [9.17, 15) is 18.0 Å². The highest BCUT2D eigenvalue weighted by molar-refractivity contribution is 7.90. The third-order valence-electron chi connectivity index (χ3n) is 4.52. The van der Waals surface area contributed by atoms with E-state index in [2.05, 4.69) is 10.3 Å². The van der Waals surface area contributed by atoms with Crippen LogP contribution >= 0.6 is 0 Å². The highest BCUT2D eigenvalue weighted by Gasteiger charge is 2.23. The van der Waals surface area contributed by atoms with Crippen LogP contribution < -0.4 is 5.32 Å². The first-order valence-corrected chi connectivity index (χ1v) is 11.2. The normalized spacial score (nSPS) is 11.1. The molecule has 0 unspecified atom stereocenters. The molecule has 0 aliphatic rings. The fraction of sp³-hybridized carbons (Fsp3) is 0.174. The summed E-state index contributed by atoms with van der Waals surface area (Å²) >= 11 is 0. The molecule has 0 saturated carbocycles. The molecule has 0 aliphatic carbocycles. The minimum Gasteiger partial charge on any atom is -0.478 e. The number of benzene rings is 1. The molecular weight excluding hydrogens is 446 g/mol. The van der Waals surface area contributed by atoms with Gasteiger partial charge in [0.05, 0.1) is 5.69 Å². The van der Waals surface area contributed by atoms with Crippen molar-refractivity contribution >= 4 is 22.0 Å². The van der Waals surface area contributed by atoms with Gasteiger partial charge in [0.1, 0.15) is 4.90 Å². The minimum absolute atomic E-state index is 0.175. The molecule has 1 aromatic carbocycles. The first-order chi connectivity index (χ1) is 15.6. The molecule has 0 aliphatic heterocycles. The number of nitrogens with one attached hydrogen (secondary N) is 1. The lowest BCUT2D eigenvalue weighted by molar-refractivity contribution is -0.134. The Morgan fingerprint density at radius 2 is 1.67 bits per heavy atom. The third-order valence-corrected chi connectivity index (χ3v) is 6.18. The zero-order chi connectivity index (χ0) is 24.6. The summed E-state index contributed by atoms with van der Waals surface area (Å²) in [5.41, 5.74) is 4.60. The van der Waals surface area contributed by atoms with Gasteiger partial charge in [0.25, 0.3) is 10.0 Å². The van der Waals surface area contributed by atoms with Crippen LogP contribution in [0, 0.1) is 13.8 Å². The summed E-state index contributed by atoms with van der Waals surface area (Å²) in [6, 6.07) is 11.1. The second-order valence-electron chi connectivity index (χ2n) is 7.03. The van der Waals surface area contributed by atoms with Gasteiger partial charge in [-0.25, -0.2) is 22.0 Å². The first-order valence-electron chi connectivity index (χ1n) is 9.80. The molecule has 3 N–H and O–H groups in total. The molecule has 0 radical (unpaired) electrons. The number of hydrogen-bond donors (Lipinski definition) is 3. The Morgan fingerprint density at radius 1 is 1.06 bits per heavy atom. The van der Waals surface area contributed by atoms with E-state index >= 15 is 0 Å². The highest BCUT2D eigenvalue weighted by atomic mass is 32.2. The first kappa shape index (κ1) is 25.5. The average Bonchev–Trinajstić information content (AvgIpc) is 3.18. The van der Waals surface area contributed by atoms with E-state index in [-0.39, 0.29) is 4.90 Å². The summed E-state index contributed by atoms with van der Waals surface area (Å²) in [4.78, 5) is 23.2. The molecule has 174 valence electrons. The van der Waals surface area contributed by atoms with Gasteiger partial charge < -0.3 is 15.5 Å². The lowest BCUT2D eigenvalue weighted by Crippen LogP contribution is -2.14. The SMILES string of the molecule is CNCc1cc(-c2c(C)cccc2C)n(S(=O)(=O)c2cccnc2)c1.O=C(O)/C=C/C(=O)O. The summed E-state index contributed by atoms with van der Waals surface area (Å²) in [6.45, 7) is 4.58. The van der Waals surface area contributed by atoms with Gasteiger partial charge in [-0.3, -0.25) is 4.98 Å². The van der Waals surface area contributed by atoms with Gasteiger partial charge in [-0.2, -0.15) is 0 Å². The Hall–Kier alpha value is -3.76. The van der Waals surface area contributed by atoms with E-state index in [0.717, 1.165) is 22.3 Å². The van der Waals surface area contributed by atoms with Crippen LogP contribution in [0.1, 0.15) is 16.7 Å². The van der Waals surface area contributed by atoms with E-state index < -0.39 is 22.0 Å². The topological polar surface area (TPSA) is 139 Å². The molecule has 0 bridgehead atoms. The zero-order valence-electron chi connectivity index (χ0n) is 18.4. The van der Waals surface area contributed by atoms with Crippen LogP contribution in [0.3, 0.4) is 0 Å². The summed E-state index contributed by atoms with van der Waals surface area (Å²) in [5, 5.41) is 18.7. The Morgan fingerprint density at radius 3 is 2.15 bits per heavy atom. The quantitative estimate of drug-likeness (QED) is 0.447. The molecular formula is C23H25N3O6S. The van der Waals surface area contributed by atoms with Crippen LogP contribution in [-0.2, 0) is 26.2 Å². The standard InChI is InChI=1S/C19H21N3O2S.C4H4O4/c1-14-6-4-7-15(2)19(14)18-10-16(11-20-3)13-22(18)25(23,24)17-8-5-9-21-12-17;5-3(6)1-2-4(7)8/h4-10,12-13,20H,11H2,1-3H3;1-2H,(H,5,6)(H,7,8)/b;2-1+. The molecule has 0 saturated heterocycles. The van der Waals surface area contributed by atoms with Gasteiger partial charge in [-0.15, -0.1) is 0 Å². The number of carboxylic acid groups (broad SMARTS) is 2. The number of aliphatic carboxylic acids is 2. The second-order valence-corrected chi connectivity index (χ2v) is 8.85. The smallest absolute Gasteiger partial charge is 0.328 e. The maximum absolute atomic E-state index is 13.2. The van der Waals surface area contributed by atoms with Crippen molar-refractivity contribution in [1.82, 2.24) is 14.3 Å². The minimum atomic E-state index is -3.72. The molecule has 2 heterocycles. The number of carboxylic acids is 2. The molecule has 0 amide bonds. The van der Waals surface area contributed by atoms with E-state index in [4.69, 9.17) is 10.2 Å². The van der Waals surface area contributed by atoms with Crippen molar-refractivity contribution in [3.05, 3.63) is 83.8 Å². The van der Waals surface area contributed by atoms with Crippen LogP contribution in [0.25, 0.3) is 11.3 Å². The van der Waals surface area contributed by atoms with Crippen molar-refractivity contribution in [2.45, 2.75) is 25.3 Å². The molecule has 3 aromatic rings. The summed E-state index contributed by atoms with van der Waals surface area (Å²) < 4.78 is 27.7. The van der Waals surface area contributed by atoms with Crippen molar-refractivity contribution in [1.29, 1.82) is 0 Å². The molecule has 33 heavy (non-hydrogen) atoms. The van der Waals surface area contributed by atoms with Gasteiger partial charge in [-0.1, -0.05) is 18.2 Å². The number of hydrogen-bond acceptors (Lipinski definition) is 6. The molecule has 9 nitrogen and oxygen atoms in total. The maximum Gasteiger partial charge on any atom is 0.328 e. The summed E-state index contributed by atoms with van der Waals surface area (Å²) in [6.07, 6.45) is 5.74. The zero-order valence-corrected chi connectivity index (χ0v) is 19.2. The van der Waals surface area contributed by atoms with Crippen molar-refractivity contribution in [3.63, 3.8) is 0 Å². The number of rotatable bonds is 7. The summed E-state index contributed by atoms with van der Waals surface area (Å²) in [5.74, 6) is -2.51. The Balaban J connectivity index is 0.000000414. The van der Waals surface area contributed by atoms with Crippen molar-refractivity contribution in [3.8, 4) is 11.3 Å². The van der Waals surface area contributed by atoms with Crippen LogP contribution in [0.4, 0.5) is 0 Å². The van der Waals surface area contributed by atoms with E-state index in [1.165, 1.54) is 10.2 Å². The van der Waals surface area contributed by atoms with Crippen LogP contribution in [0.2, 0.25) is 0 Å². The molecule has 3 rings (SSSR count). The van der Waals surface area contributed by atoms with Gasteiger partial charge in [0.15, 0.2) is 0 Å². The monoisotopic (exact) mass is 471 g/mol. The lowest BCUT2D eigenvalue weighted by atomic mass is 10.00. The fourth-order valence-electron chi connectivity index (χ4n) is 3.15.